The molecule has 142 valence electrons. The molecule has 4 rings (SSSR count). The van der Waals surface area contributed by atoms with E-state index >= 15 is 0 Å². The number of carbonyl (C=O) groups excluding carboxylic acids is 2. The second-order valence-electron chi connectivity index (χ2n) is 7.02. The van der Waals surface area contributed by atoms with Crippen LogP contribution in [0.3, 0.4) is 0 Å². The van der Waals surface area contributed by atoms with Crippen LogP contribution in [-0.2, 0) is 22.4 Å². The first-order chi connectivity index (χ1) is 13.5. The molecule has 0 atom stereocenters. The van der Waals surface area contributed by atoms with Gasteiger partial charge in [0, 0.05) is 23.8 Å². The van der Waals surface area contributed by atoms with Gasteiger partial charge >= 0.3 is 5.97 Å². The molecule has 0 bridgehead atoms. The van der Waals surface area contributed by atoms with Crippen LogP contribution in [0.4, 0.5) is 4.39 Å². The van der Waals surface area contributed by atoms with Gasteiger partial charge in [0.25, 0.3) is 5.91 Å². The molecular formula is C23H20FNO3. The van der Waals surface area contributed by atoms with Crippen molar-refractivity contribution in [2.24, 2.45) is 0 Å². The normalized spacial score (nSPS) is 14.5. The number of halogens is 1. The maximum atomic E-state index is 14.1. The highest BCUT2D eigenvalue weighted by Crippen LogP contribution is 2.32. The Morgan fingerprint density at radius 2 is 1.57 bits per heavy atom. The molecule has 5 heteroatoms. The summed E-state index contributed by atoms with van der Waals surface area (Å²) >= 11 is 0. The number of amides is 1. The zero-order valence-corrected chi connectivity index (χ0v) is 15.5. The molecule has 4 nitrogen and oxygen atoms in total. The van der Waals surface area contributed by atoms with E-state index in [1.54, 1.807) is 31.2 Å². The molecule has 0 radical (unpaired) electrons. The van der Waals surface area contributed by atoms with E-state index in [-0.39, 0.29) is 12.4 Å². The zero-order valence-electron chi connectivity index (χ0n) is 15.5. The van der Waals surface area contributed by atoms with Gasteiger partial charge in [-0.25, -0.2) is 9.18 Å². The predicted molar refractivity (Wildman–Crippen MR) is 105 cm³/mol. The Hall–Kier alpha value is -3.21. The summed E-state index contributed by atoms with van der Waals surface area (Å²) in [5, 5.41) is 3.80. The maximum Gasteiger partial charge on any atom is 0.332 e. The van der Waals surface area contributed by atoms with Crippen molar-refractivity contribution < 1.29 is 18.7 Å². The molecule has 0 aliphatic heterocycles. The van der Waals surface area contributed by atoms with Crippen molar-refractivity contribution in [3.63, 3.8) is 0 Å². The number of esters is 1. The van der Waals surface area contributed by atoms with Crippen LogP contribution < -0.4 is 5.32 Å². The SMILES string of the molecule is CCOC(=O)C1(NC(=O)c2ccc(F)c3ccccc23)Cc2ccccc2C1. The van der Waals surface area contributed by atoms with E-state index in [0.717, 1.165) is 11.1 Å². The summed E-state index contributed by atoms with van der Waals surface area (Å²) < 4.78 is 19.4. The molecule has 0 spiro atoms. The summed E-state index contributed by atoms with van der Waals surface area (Å²) in [7, 11) is 0. The molecule has 1 aliphatic rings. The Morgan fingerprint density at radius 1 is 0.964 bits per heavy atom. The highest BCUT2D eigenvalue weighted by Gasteiger charge is 2.46. The molecule has 1 N–H and O–H groups in total. The second kappa shape index (κ2) is 7.08. The van der Waals surface area contributed by atoms with Crippen molar-refractivity contribution in [3.8, 4) is 0 Å². The fourth-order valence-corrected chi connectivity index (χ4v) is 3.91. The lowest BCUT2D eigenvalue weighted by atomic mass is 9.94. The quantitative estimate of drug-likeness (QED) is 0.704. The smallest absolute Gasteiger partial charge is 0.332 e. The van der Waals surface area contributed by atoms with E-state index in [1.807, 2.05) is 24.3 Å². The molecule has 0 fully saturated rings. The lowest BCUT2D eigenvalue weighted by Crippen LogP contribution is -2.56. The first-order valence-corrected chi connectivity index (χ1v) is 9.28. The first-order valence-electron chi connectivity index (χ1n) is 9.28. The Balaban J connectivity index is 1.72. The van der Waals surface area contributed by atoms with Gasteiger partial charge in [0.05, 0.1) is 6.61 Å². The summed E-state index contributed by atoms with van der Waals surface area (Å²) in [5.74, 6) is -1.26. The van der Waals surface area contributed by atoms with Crippen molar-refractivity contribution in [3.05, 3.63) is 83.2 Å². The van der Waals surface area contributed by atoms with E-state index in [9.17, 15) is 14.0 Å². The largest absolute Gasteiger partial charge is 0.464 e. The first kappa shape index (κ1) is 18.2. The third-order valence-electron chi connectivity index (χ3n) is 5.24. The van der Waals surface area contributed by atoms with Crippen LogP contribution in [0.25, 0.3) is 10.8 Å². The summed E-state index contributed by atoms with van der Waals surface area (Å²) in [6.45, 7) is 1.97. The minimum absolute atomic E-state index is 0.228. The minimum atomic E-state index is -1.16. The van der Waals surface area contributed by atoms with Gasteiger partial charge in [-0.1, -0.05) is 48.5 Å². The standard InChI is InChI=1S/C23H20FNO3/c1-2-28-22(27)23(13-15-7-3-4-8-16(15)14-23)25-21(26)19-11-12-20(24)18-10-6-5-9-17(18)19/h3-12H,2,13-14H2,1H3,(H,25,26). The lowest BCUT2D eigenvalue weighted by Gasteiger charge is -2.28. The summed E-state index contributed by atoms with van der Waals surface area (Å²) in [4.78, 5) is 26.0. The number of nitrogens with one attached hydrogen (secondary N) is 1. The molecule has 0 saturated carbocycles. The lowest BCUT2D eigenvalue weighted by molar-refractivity contribution is -0.150. The highest BCUT2D eigenvalue weighted by molar-refractivity contribution is 6.08. The molecule has 3 aromatic rings. The molecule has 0 unspecified atom stereocenters. The second-order valence-corrected chi connectivity index (χ2v) is 7.02. The van der Waals surface area contributed by atoms with Crippen molar-refractivity contribution in [1.82, 2.24) is 5.32 Å². The zero-order chi connectivity index (χ0) is 19.7. The number of hydrogen-bond donors (Lipinski definition) is 1. The van der Waals surface area contributed by atoms with Crippen LogP contribution in [0, 0.1) is 5.82 Å². The van der Waals surface area contributed by atoms with Gasteiger partial charge in [-0.05, 0) is 35.6 Å². The number of fused-ring (bicyclic) bond motifs is 2. The molecule has 3 aromatic carbocycles. The molecule has 0 aromatic heterocycles. The van der Waals surface area contributed by atoms with E-state index in [4.69, 9.17) is 4.74 Å². The minimum Gasteiger partial charge on any atom is -0.464 e. The number of carbonyl (C=O) groups is 2. The summed E-state index contributed by atoms with van der Waals surface area (Å²) in [5.41, 5.74) is 1.20. The molecule has 1 amide bonds. The van der Waals surface area contributed by atoms with Gasteiger partial charge in [-0.15, -0.1) is 0 Å². The molecular weight excluding hydrogens is 357 g/mol. The molecule has 0 saturated heterocycles. The van der Waals surface area contributed by atoms with E-state index < -0.39 is 17.4 Å². The Labute approximate surface area is 162 Å². The number of hydrogen-bond acceptors (Lipinski definition) is 3. The van der Waals surface area contributed by atoms with Gasteiger partial charge in [0.15, 0.2) is 0 Å². The van der Waals surface area contributed by atoms with Gasteiger partial charge in [0.2, 0.25) is 0 Å². The van der Waals surface area contributed by atoms with E-state index in [0.29, 0.717) is 29.2 Å². The summed E-state index contributed by atoms with van der Waals surface area (Å²) in [6.07, 6.45) is 0.736. The van der Waals surface area contributed by atoms with Crippen LogP contribution in [0.2, 0.25) is 0 Å². The third kappa shape index (κ3) is 3.03. The van der Waals surface area contributed by atoms with Crippen LogP contribution in [-0.4, -0.2) is 24.0 Å². The number of benzene rings is 3. The number of rotatable bonds is 4. The van der Waals surface area contributed by atoms with Crippen molar-refractivity contribution in [1.29, 1.82) is 0 Å². The Kier molecular flexibility index (Phi) is 4.59. The topological polar surface area (TPSA) is 55.4 Å². The van der Waals surface area contributed by atoms with Crippen LogP contribution in [0.5, 0.6) is 0 Å². The van der Waals surface area contributed by atoms with Crippen molar-refractivity contribution in [2.75, 3.05) is 6.61 Å². The maximum absolute atomic E-state index is 14.1. The predicted octanol–water partition coefficient (Wildman–Crippen LogP) is 3.81. The monoisotopic (exact) mass is 377 g/mol. The average Bonchev–Trinajstić information content (AvgIpc) is 3.08. The molecule has 1 aliphatic carbocycles. The Bertz CT molecular complexity index is 1050. The van der Waals surface area contributed by atoms with Gasteiger partial charge in [0.1, 0.15) is 11.4 Å². The van der Waals surface area contributed by atoms with Gasteiger partial charge in [-0.3, -0.25) is 4.79 Å². The fraction of sp³-hybridized carbons (Fsp3) is 0.217. The average molecular weight is 377 g/mol. The summed E-state index contributed by atoms with van der Waals surface area (Å²) in [6, 6.07) is 17.3. The van der Waals surface area contributed by atoms with E-state index in [1.165, 1.54) is 12.1 Å². The van der Waals surface area contributed by atoms with E-state index in [2.05, 4.69) is 5.32 Å². The highest BCUT2D eigenvalue weighted by atomic mass is 19.1. The van der Waals surface area contributed by atoms with Crippen LogP contribution in [0.15, 0.2) is 60.7 Å². The van der Waals surface area contributed by atoms with Crippen LogP contribution in [0.1, 0.15) is 28.4 Å². The fourth-order valence-electron chi connectivity index (χ4n) is 3.91. The third-order valence-corrected chi connectivity index (χ3v) is 5.24. The van der Waals surface area contributed by atoms with Crippen molar-refractivity contribution >= 4 is 22.6 Å². The molecule has 0 heterocycles. The molecule has 28 heavy (non-hydrogen) atoms. The van der Waals surface area contributed by atoms with Gasteiger partial charge < -0.3 is 10.1 Å². The van der Waals surface area contributed by atoms with Gasteiger partial charge in [-0.2, -0.15) is 0 Å². The Morgan fingerprint density at radius 3 is 2.21 bits per heavy atom. The number of ether oxygens (including phenoxy) is 1. The van der Waals surface area contributed by atoms with Crippen molar-refractivity contribution in [2.45, 2.75) is 25.3 Å². The van der Waals surface area contributed by atoms with Crippen LogP contribution >= 0.6 is 0 Å².